The SMILES string of the molecule is N#Cc1c(N=Cc2ccc([O-])c([N+](=O)[O-])c2)oc(-c2ccccc2)c1-c1ccccc1. The maximum atomic E-state index is 11.6. The monoisotopic (exact) mass is 408 g/mol. The van der Waals surface area contributed by atoms with Crippen LogP contribution in [0.15, 0.2) is 88.3 Å². The predicted molar refractivity (Wildman–Crippen MR) is 114 cm³/mol. The normalized spacial score (nSPS) is 10.8. The first-order valence-corrected chi connectivity index (χ1v) is 9.25. The van der Waals surface area contributed by atoms with Crippen LogP contribution in [0.1, 0.15) is 11.1 Å². The third-order valence-corrected chi connectivity index (χ3v) is 4.61. The number of furan rings is 1. The molecule has 0 atom stereocenters. The van der Waals surface area contributed by atoms with E-state index >= 15 is 0 Å². The van der Waals surface area contributed by atoms with Crippen molar-refractivity contribution in [3.05, 3.63) is 100 Å². The maximum absolute atomic E-state index is 11.6. The standard InChI is InChI=1S/C24H15N3O4/c25-14-19-22(17-7-3-1-4-8-17)23(18-9-5-2-6-10-18)31-24(19)26-15-16-11-12-21(28)20(13-16)27(29)30/h1-13,15,28H/p-1. The van der Waals surface area contributed by atoms with E-state index in [4.69, 9.17) is 4.42 Å². The number of benzene rings is 3. The topological polar surface area (TPSA) is 115 Å². The largest absolute Gasteiger partial charge is 0.868 e. The number of aliphatic imine (C=N–C) groups is 1. The van der Waals surface area contributed by atoms with Gasteiger partial charge in [-0.05, 0) is 16.9 Å². The summed E-state index contributed by atoms with van der Waals surface area (Å²) < 4.78 is 5.98. The van der Waals surface area contributed by atoms with Crippen molar-refractivity contribution < 1.29 is 14.4 Å². The molecule has 1 heterocycles. The Bertz CT molecular complexity index is 1320. The van der Waals surface area contributed by atoms with Gasteiger partial charge in [0.05, 0.1) is 4.92 Å². The molecule has 7 nitrogen and oxygen atoms in total. The molecule has 0 saturated carbocycles. The van der Waals surface area contributed by atoms with Gasteiger partial charge in [-0.1, -0.05) is 72.8 Å². The van der Waals surface area contributed by atoms with Crippen LogP contribution in [0.2, 0.25) is 0 Å². The van der Waals surface area contributed by atoms with Gasteiger partial charge in [-0.15, -0.1) is 0 Å². The van der Waals surface area contributed by atoms with Gasteiger partial charge in [-0.25, -0.2) is 4.99 Å². The molecular weight excluding hydrogens is 394 g/mol. The molecule has 0 bridgehead atoms. The fraction of sp³-hybridized carbons (Fsp3) is 0. The van der Waals surface area contributed by atoms with E-state index in [1.807, 2.05) is 60.7 Å². The minimum absolute atomic E-state index is 0.0778. The quantitative estimate of drug-likeness (QED) is 0.255. The minimum Gasteiger partial charge on any atom is -0.868 e. The van der Waals surface area contributed by atoms with Crippen molar-refractivity contribution in [2.24, 2.45) is 4.99 Å². The van der Waals surface area contributed by atoms with E-state index in [-0.39, 0.29) is 11.4 Å². The van der Waals surface area contributed by atoms with E-state index < -0.39 is 16.4 Å². The van der Waals surface area contributed by atoms with E-state index in [2.05, 4.69) is 11.1 Å². The molecule has 0 aliphatic rings. The summed E-state index contributed by atoms with van der Waals surface area (Å²) in [6.07, 6.45) is 1.33. The highest BCUT2D eigenvalue weighted by molar-refractivity contribution is 5.90. The number of nitrogens with zero attached hydrogens (tertiary/aromatic N) is 3. The van der Waals surface area contributed by atoms with Crippen molar-refractivity contribution in [2.45, 2.75) is 0 Å². The van der Waals surface area contributed by atoms with Crippen molar-refractivity contribution in [1.82, 2.24) is 0 Å². The molecule has 0 aliphatic carbocycles. The zero-order valence-corrected chi connectivity index (χ0v) is 16.1. The van der Waals surface area contributed by atoms with Gasteiger partial charge >= 0.3 is 0 Å². The second-order valence-electron chi connectivity index (χ2n) is 6.57. The number of rotatable bonds is 5. The maximum Gasteiger partial charge on any atom is 0.262 e. The molecule has 0 unspecified atom stereocenters. The molecule has 0 amide bonds. The first kappa shape index (κ1) is 19.6. The van der Waals surface area contributed by atoms with E-state index in [9.17, 15) is 20.5 Å². The first-order valence-electron chi connectivity index (χ1n) is 9.25. The lowest BCUT2D eigenvalue weighted by atomic mass is 9.98. The van der Waals surface area contributed by atoms with Gasteiger partial charge in [-0.3, -0.25) is 10.1 Å². The van der Waals surface area contributed by atoms with E-state index in [1.165, 1.54) is 12.3 Å². The molecule has 0 N–H and O–H groups in total. The Morgan fingerprint density at radius 1 is 0.968 bits per heavy atom. The number of nitro groups is 1. The molecule has 0 radical (unpaired) electrons. The Labute approximate surface area is 177 Å². The third kappa shape index (κ3) is 3.91. The summed E-state index contributed by atoms with van der Waals surface area (Å²) in [7, 11) is 0. The number of nitriles is 1. The zero-order chi connectivity index (χ0) is 21.8. The lowest BCUT2D eigenvalue weighted by Crippen LogP contribution is -1.98. The van der Waals surface area contributed by atoms with Crippen molar-refractivity contribution >= 4 is 17.8 Å². The highest BCUT2D eigenvalue weighted by atomic mass is 16.6. The lowest BCUT2D eigenvalue weighted by Gasteiger charge is -2.05. The number of hydrogen-bond donors (Lipinski definition) is 0. The van der Waals surface area contributed by atoms with Crippen LogP contribution in [-0.2, 0) is 0 Å². The molecule has 3 aromatic carbocycles. The summed E-state index contributed by atoms with van der Waals surface area (Å²) >= 11 is 0. The summed E-state index contributed by atoms with van der Waals surface area (Å²) in [5, 5.41) is 32.5. The fourth-order valence-electron chi connectivity index (χ4n) is 3.18. The summed E-state index contributed by atoms with van der Waals surface area (Å²) in [5.41, 5.74) is 2.24. The van der Waals surface area contributed by atoms with Crippen LogP contribution < -0.4 is 5.11 Å². The molecule has 0 saturated heterocycles. The molecule has 0 fully saturated rings. The Kier molecular flexibility index (Phi) is 5.28. The van der Waals surface area contributed by atoms with Gasteiger partial charge in [-0.2, -0.15) is 5.26 Å². The van der Waals surface area contributed by atoms with Crippen LogP contribution in [0.3, 0.4) is 0 Å². The summed E-state index contributed by atoms with van der Waals surface area (Å²) in [6, 6.07) is 24.5. The Hall–Kier alpha value is -4.70. The first-order chi connectivity index (χ1) is 15.1. The van der Waals surface area contributed by atoms with Crippen LogP contribution in [0.25, 0.3) is 22.5 Å². The van der Waals surface area contributed by atoms with Crippen molar-refractivity contribution in [2.75, 3.05) is 0 Å². The highest BCUT2D eigenvalue weighted by Gasteiger charge is 2.22. The van der Waals surface area contributed by atoms with Gasteiger partial charge in [0.1, 0.15) is 17.4 Å². The molecule has 7 heteroatoms. The Balaban J connectivity index is 1.85. The average molecular weight is 408 g/mol. The number of nitro benzene ring substituents is 1. The van der Waals surface area contributed by atoms with Crippen molar-refractivity contribution in [1.29, 1.82) is 5.26 Å². The third-order valence-electron chi connectivity index (χ3n) is 4.61. The van der Waals surface area contributed by atoms with E-state index in [0.29, 0.717) is 16.9 Å². The van der Waals surface area contributed by atoms with Crippen molar-refractivity contribution in [3.63, 3.8) is 0 Å². The van der Waals surface area contributed by atoms with Gasteiger partial charge in [0.25, 0.3) is 5.69 Å². The molecule has 31 heavy (non-hydrogen) atoms. The predicted octanol–water partition coefficient (Wildman–Crippen LogP) is 5.22. The van der Waals surface area contributed by atoms with E-state index in [1.54, 1.807) is 0 Å². The van der Waals surface area contributed by atoms with Crippen LogP contribution in [0.5, 0.6) is 5.75 Å². The van der Waals surface area contributed by atoms with E-state index in [0.717, 1.165) is 23.3 Å². The van der Waals surface area contributed by atoms with Gasteiger partial charge in [0, 0.05) is 23.4 Å². The van der Waals surface area contributed by atoms with Gasteiger partial charge in [0.2, 0.25) is 5.88 Å². The molecule has 0 spiro atoms. The molecule has 4 aromatic rings. The smallest absolute Gasteiger partial charge is 0.262 e. The Morgan fingerprint density at radius 3 is 2.23 bits per heavy atom. The molecule has 1 aromatic heterocycles. The summed E-state index contributed by atoms with van der Waals surface area (Å²) in [5.74, 6) is -0.110. The van der Waals surface area contributed by atoms with Gasteiger partial charge in [0.15, 0.2) is 0 Å². The average Bonchev–Trinajstić information content (AvgIpc) is 3.18. The minimum atomic E-state index is -0.742. The van der Waals surface area contributed by atoms with Crippen molar-refractivity contribution in [3.8, 4) is 34.3 Å². The number of hydrogen-bond acceptors (Lipinski definition) is 6. The van der Waals surface area contributed by atoms with Gasteiger partial charge < -0.3 is 9.52 Å². The van der Waals surface area contributed by atoms with Crippen LogP contribution in [-0.4, -0.2) is 11.1 Å². The van der Waals surface area contributed by atoms with Crippen LogP contribution in [0, 0.1) is 21.4 Å². The zero-order valence-electron chi connectivity index (χ0n) is 16.1. The molecule has 150 valence electrons. The summed E-state index contributed by atoms with van der Waals surface area (Å²) in [6.45, 7) is 0. The lowest BCUT2D eigenvalue weighted by molar-refractivity contribution is -0.398. The molecular formula is C24H14N3O4-. The Morgan fingerprint density at radius 2 is 1.61 bits per heavy atom. The highest BCUT2D eigenvalue weighted by Crippen LogP contribution is 2.42. The molecule has 4 rings (SSSR count). The van der Waals surface area contributed by atoms with Crippen LogP contribution in [0.4, 0.5) is 11.6 Å². The second kappa shape index (κ2) is 8.35. The fourth-order valence-corrected chi connectivity index (χ4v) is 3.18. The van der Waals surface area contributed by atoms with Crippen LogP contribution >= 0.6 is 0 Å². The summed E-state index contributed by atoms with van der Waals surface area (Å²) in [4.78, 5) is 14.5. The molecule has 0 aliphatic heterocycles. The second-order valence-corrected chi connectivity index (χ2v) is 6.57.